The number of rotatable bonds is 8. The van der Waals surface area contributed by atoms with Gasteiger partial charge in [0.15, 0.2) is 0 Å². The van der Waals surface area contributed by atoms with Crippen LogP contribution in [0.1, 0.15) is 37.8 Å². The molecule has 1 aliphatic carbocycles. The summed E-state index contributed by atoms with van der Waals surface area (Å²) in [7, 11) is 4.00. The molecule has 0 bridgehead atoms. The molecule has 2 N–H and O–H groups in total. The lowest BCUT2D eigenvalue weighted by atomic mass is 10.0. The molecule has 1 saturated carbocycles. The topological polar surface area (TPSA) is 87.0 Å². The van der Waals surface area contributed by atoms with Crippen molar-refractivity contribution < 1.29 is 14.6 Å². The monoisotopic (exact) mass is 442 g/mol. The normalized spacial score (nSPS) is 19.5. The fourth-order valence-corrected chi connectivity index (χ4v) is 4.79. The van der Waals surface area contributed by atoms with Crippen LogP contribution < -0.4 is 20.5 Å². The molecule has 1 aromatic carbocycles. The lowest BCUT2D eigenvalue weighted by molar-refractivity contribution is 0.186. The first-order valence-corrected chi connectivity index (χ1v) is 11.5. The minimum absolute atomic E-state index is 0.00122. The number of nitrogens with zero attached hydrogens (tertiary/aromatic N) is 3. The number of anilines is 1. The zero-order valence-electron chi connectivity index (χ0n) is 19.4. The van der Waals surface area contributed by atoms with Gasteiger partial charge >= 0.3 is 6.09 Å². The summed E-state index contributed by atoms with van der Waals surface area (Å²) in [5.74, 6) is 0.907. The molecule has 1 amide bonds. The number of amides is 1. The Labute approximate surface area is 188 Å². The van der Waals surface area contributed by atoms with Crippen LogP contribution in [-0.4, -0.2) is 67.0 Å². The van der Waals surface area contributed by atoms with Gasteiger partial charge in [0.1, 0.15) is 12.4 Å². The molecule has 0 radical (unpaired) electrons. The summed E-state index contributed by atoms with van der Waals surface area (Å²) < 4.78 is 7.99. The number of nitrogens with one attached hydrogen (secondary N) is 1. The number of hydrogen-bond acceptors (Lipinski definition) is 5. The van der Waals surface area contributed by atoms with Crippen molar-refractivity contribution in [1.82, 2.24) is 14.8 Å². The average molecular weight is 443 g/mol. The number of likely N-dealkylation sites (N-methyl/N-ethyl adjacent to an activating group) is 1. The van der Waals surface area contributed by atoms with Crippen molar-refractivity contribution in [3.8, 4) is 5.75 Å². The number of carboxylic acid groups (broad SMARTS) is 1. The van der Waals surface area contributed by atoms with E-state index in [1.54, 1.807) is 6.07 Å². The third-order valence-corrected chi connectivity index (χ3v) is 6.73. The van der Waals surface area contributed by atoms with Crippen LogP contribution in [0.3, 0.4) is 0 Å². The van der Waals surface area contributed by atoms with Gasteiger partial charge in [-0.3, -0.25) is 4.79 Å². The van der Waals surface area contributed by atoms with E-state index in [9.17, 15) is 9.59 Å². The highest BCUT2D eigenvalue weighted by atomic mass is 16.5. The lowest BCUT2D eigenvalue weighted by Crippen LogP contribution is -2.38. The van der Waals surface area contributed by atoms with Crippen LogP contribution in [-0.2, 0) is 0 Å². The van der Waals surface area contributed by atoms with Crippen LogP contribution in [0.15, 0.2) is 23.0 Å². The summed E-state index contributed by atoms with van der Waals surface area (Å²) in [4.78, 5) is 28.5. The van der Waals surface area contributed by atoms with Gasteiger partial charge in [0, 0.05) is 48.9 Å². The molecule has 8 nitrogen and oxygen atoms in total. The molecule has 2 atom stereocenters. The summed E-state index contributed by atoms with van der Waals surface area (Å²) in [6.45, 7) is 6.99. The summed E-state index contributed by atoms with van der Waals surface area (Å²) in [5, 5.41) is 12.6. The smallest absolute Gasteiger partial charge is 0.404 e. The van der Waals surface area contributed by atoms with Crippen LogP contribution in [0.25, 0.3) is 10.9 Å². The van der Waals surface area contributed by atoms with E-state index in [1.165, 1.54) is 0 Å². The first-order valence-electron chi connectivity index (χ1n) is 11.5. The third-order valence-electron chi connectivity index (χ3n) is 6.73. The highest BCUT2D eigenvalue weighted by Gasteiger charge is 2.31. The molecule has 8 heteroatoms. The second kappa shape index (κ2) is 9.02. The number of pyridine rings is 1. The molecular weight excluding hydrogens is 408 g/mol. The van der Waals surface area contributed by atoms with Gasteiger partial charge in [-0.25, -0.2) is 4.79 Å². The van der Waals surface area contributed by atoms with Gasteiger partial charge in [0.25, 0.3) is 5.56 Å². The Morgan fingerprint density at radius 3 is 2.72 bits per heavy atom. The average Bonchev–Trinajstić information content (AvgIpc) is 3.43. The van der Waals surface area contributed by atoms with E-state index in [0.29, 0.717) is 12.4 Å². The summed E-state index contributed by atoms with van der Waals surface area (Å²) in [6.07, 6.45) is 2.02. The highest BCUT2D eigenvalue weighted by Crippen LogP contribution is 2.41. The molecule has 174 valence electrons. The Morgan fingerprint density at radius 2 is 2.06 bits per heavy atom. The van der Waals surface area contributed by atoms with Gasteiger partial charge in [-0.15, -0.1) is 0 Å². The SMILES string of the molecule is Cc1c(N2CCC([C@H](C)NC(=O)O)C2)ccc2c(OCCN(C)C)cc(=O)n(C3CC3)c12. The number of fused-ring (bicyclic) bond motifs is 1. The summed E-state index contributed by atoms with van der Waals surface area (Å²) >= 11 is 0. The largest absolute Gasteiger partial charge is 0.491 e. The van der Waals surface area contributed by atoms with Crippen LogP contribution >= 0.6 is 0 Å². The van der Waals surface area contributed by atoms with Gasteiger partial charge in [-0.2, -0.15) is 0 Å². The fraction of sp³-hybridized carbons (Fsp3) is 0.583. The maximum absolute atomic E-state index is 13.1. The van der Waals surface area contributed by atoms with Gasteiger partial charge in [-0.1, -0.05) is 0 Å². The van der Waals surface area contributed by atoms with Crippen molar-refractivity contribution in [1.29, 1.82) is 0 Å². The molecule has 1 saturated heterocycles. The molecule has 0 spiro atoms. The van der Waals surface area contributed by atoms with Crippen molar-refractivity contribution in [2.75, 3.05) is 45.2 Å². The molecule has 2 aliphatic rings. The molecule has 1 unspecified atom stereocenters. The van der Waals surface area contributed by atoms with E-state index in [1.807, 2.05) is 25.6 Å². The maximum atomic E-state index is 13.1. The fourth-order valence-electron chi connectivity index (χ4n) is 4.79. The Hall–Kier alpha value is -2.74. The molecule has 32 heavy (non-hydrogen) atoms. The molecule has 2 heterocycles. The predicted molar refractivity (Wildman–Crippen MR) is 126 cm³/mol. The zero-order valence-corrected chi connectivity index (χ0v) is 19.4. The number of hydrogen-bond donors (Lipinski definition) is 2. The van der Waals surface area contributed by atoms with E-state index in [2.05, 4.69) is 34.2 Å². The highest BCUT2D eigenvalue weighted by molar-refractivity contribution is 5.92. The van der Waals surface area contributed by atoms with Gasteiger partial charge < -0.3 is 29.5 Å². The standard InChI is InChI=1S/C24H34N4O4/c1-15-20(27-10-9-17(14-27)16(2)25-24(30)31)8-7-19-21(32-12-11-26(3)4)13-22(29)28(23(15)19)18-5-6-18/h7-8,13,16-18,25H,5-6,9-12,14H2,1-4H3,(H,30,31)/t16-,17?/m0/s1. The van der Waals surface area contributed by atoms with Gasteiger partial charge in [0.05, 0.1) is 5.52 Å². The quantitative estimate of drug-likeness (QED) is 0.653. The van der Waals surface area contributed by atoms with Crippen LogP contribution in [0.4, 0.5) is 10.5 Å². The number of ether oxygens (including phenoxy) is 1. The Balaban J connectivity index is 1.69. The van der Waals surface area contributed by atoms with Crippen LogP contribution in [0.2, 0.25) is 0 Å². The predicted octanol–water partition coefficient (Wildman–Crippen LogP) is 3.07. The van der Waals surface area contributed by atoms with Crippen molar-refractivity contribution in [3.05, 3.63) is 34.1 Å². The summed E-state index contributed by atoms with van der Waals surface area (Å²) in [5.41, 5.74) is 3.17. The van der Waals surface area contributed by atoms with Crippen LogP contribution in [0, 0.1) is 12.8 Å². The van der Waals surface area contributed by atoms with Crippen LogP contribution in [0.5, 0.6) is 5.75 Å². The molecule has 2 fully saturated rings. The summed E-state index contributed by atoms with van der Waals surface area (Å²) in [6, 6.07) is 6.00. The van der Waals surface area contributed by atoms with E-state index in [-0.39, 0.29) is 23.6 Å². The van der Waals surface area contributed by atoms with Crippen molar-refractivity contribution in [2.24, 2.45) is 5.92 Å². The van der Waals surface area contributed by atoms with Gasteiger partial charge in [0.2, 0.25) is 0 Å². The van der Waals surface area contributed by atoms with E-state index >= 15 is 0 Å². The van der Waals surface area contributed by atoms with E-state index in [4.69, 9.17) is 9.84 Å². The van der Waals surface area contributed by atoms with Crippen molar-refractivity contribution >= 4 is 22.7 Å². The second-order valence-electron chi connectivity index (χ2n) is 9.44. The first kappa shape index (κ1) is 22.5. The minimum Gasteiger partial charge on any atom is -0.491 e. The molecule has 4 rings (SSSR count). The molecule has 2 aromatic rings. The van der Waals surface area contributed by atoms with Crippen molar-refractivity contribution in [3.63, 3.8) is 0 Å². The molecular formula is C24H34N4O4. The second-order valence-corrected chi connectivity index (χ2v) is 9.44. The third kappa shape index (κ3) is 4.55. The molecule has 1 aromatic heterocycles. The maximum Gasteiger partial charge on any atom is 0.404 e. The minimum atomic E-state index is -0.979. The number of aromatic nitrogens is 1. The Bertz CT molecular complexity index is 1060. The van der Waals surface area contributed by atoms with Crippen molar-refractivity contribution in [2.45, 2.75) is 45.2 Å². The van der Waals surface area contributed by atoms with E-state index < -0.39 is 6.09 Å². The van der Waals surface area contributed by atoms with E-state index in [0.717, 1.165) is 61.1 Å². The number of benzene rings is 1. The lowest BCUT2D eigenvalue weighted by Gasteiger charge is -2.25. The molecule has 1 aliphatic heterocycles. The Morgan fingerprint density at radius 1 is 1.31 bits per heavy atom. The zero-order chi connectivity index (χ0) is 23.0. The number of carbonyl (C=O) groups is 1. The first-order chi connectivity index (χ1) is 15.3. The van der Waals surface area contributed by atoms with Gasteiger partial charge in [-0.05, 0) is 70.8 Å². The Kier molecular flexibility index (Phi) is 6.33. The number of aryl methyl sites for hydroxylation is 1.